The number of amides is 1. The van der Waals surface area contributed by atoms with Gasteiger partial charge in [0.25, 0.3) is 0 Å². The van der Waals surface area contributed by atoms with Crippen LogP contribution in [-0.2, 0) is 4.79 Å². The maximum Gasteiger partial charge on any atom is 0.225 e. The van der Waals surface area contributed by atoms with Crippen molar-refractivity contribution in [3.05, 3.63) is 29.3 Å². The number of halogens is 2. The van der Waals surface area contributed by atoms with E-state index in [4.69, 9.17) is 5.26 Å². The van der Waals surface area contributed by atoms with E-state index in [2.05, 4.69) is 10.6 Å². The number of carbonyl (C=O) groups is 1. The molecule has 0 saturated carbocycles. The average molecular weight is 281 g/mol. The van der Waals surface area contributed by atoms with Gasteiger partial charge in [-0.2, -0.15) is 5.26 Å². The molecular formula is C14H17F2N3O. The number of benzene rings is 1. The van der Waals surface area contributed by atoms with Gasteiger partial charge in [0, 0.05) is 18.5 Å². The molecule has 0 aromatic heterocycles. The van der Waals surface area contributed by atoms with E-state index in [1.54, 1.807) is 26.8 Å². The third-order valence-electron chi connectivity index (χ3n) is 2.56. The van der Waals surface area contributed by atoms with Gasteiger partial charge in [-0.15, -0.1) is 0 Å². The molecular weight excluding hydrogens is 264 g/mol. The zero-order valence-electron chi connectivity index (χ0n) is 11.7. The number of anilines is 1. The van der Waals surface area contributed by atoms with Crippen molar-refractivity contribution in [3.63, 3.8) is 0 Å². The molecule has 1 amide bonds. The number of nitrogens with zero attached hydrogens (tertiary/aromatic N) is 1. The highest BCUT2D eigenvalue weighted by molar-refractivity contribution is 5.81. The standard InChI is InChI=1S/C14H17F2N3O/c1-14(2,3)13(20)19-5-4-18-12-10(15)6-9(8-17)7-11(12)16/h6-7,18H,4-5H2,1-3H3,(H,19,20). The number of hydrogen-bond acceptors (Lipinski definition) is 3. The maximum absolute atomic E-state index is 13.5. The van der Waals surface area contributed by atoms with E-state index in [0.717, 1.165) is 12.1 Å². The molecule has 4 nitrogen and oxygen atoms in total. The third-order valence-corrected chi connectivity index (χ3v) is 2.56. The molecule has 0 heterocycles. The Balaban J connectivity index is 2.56. The Morgan fingerprint density at radius 1 is 1.25 bits per heavy atom. The van der Waals surface area contributed by atoms with Gasteiger partial charge in [-0.25, -0.2) is 8.78 Å². The highest BCUT2D eigenvalue weighted by atomic mass is 19.1. The zero-order chi connectivity index (χ0) is 15.3. The Kier molecular flexibility index (Phi) is 5.03. The van der Waals surface area contributed by atoms with Crippen molar-refractivity contribution in [2.24, 2.45) is 5.41 Å². The lowest BCUT2D eigenvalue weighted by atomic mass is 9.96. The minimum absolute atomic E-state index is 0.0772. The van der Waals surface area contributed by atoms with Crippen LogP contribution in [0.4, 0.5) is 14.5 Å². The van der Waals surface area contributed by atoms with Crippen molar-refractivity contribution in [1.82, 2.24) is 5.32 Å². The predicted octanol–water partition coefficient (Wildman–Crippen LogP) is 2.41. The summed E-state index contributed by atoms with van der Waals surface area (Å²) < 4.78 is 27.1. The normalized spacial score (nSPS) is 10.8. The van der Waals surface area contributed by atoms with Gasteiger partial charge in [0.05, 0.1) is 11.6 Å². The monoisotopic (exact) mass is 281 g/mol. The summed E-state index contributed by atoms with van der Waals surface area (Å²) in [6.45, 7) is 5.75. The molecule has 1 aromatic rings. The fraction of sp³-hybridized carbons (Fsp3) is 0.429. The van der Waals surface area contributed by atoms with Crippen molar-refractivity contribution in [2.75, 3.05) is 18.4 Å². The van der Waals surface area contributed by atoms with Gasteiger partial charge >= 0.3 is 0 Å². The quantitative estimate of drug-likeness (QED) is 0.833. The average Bonchev–Trinajstić information content (AvgIpc) is 2.35. The van der Waals surface area contributed by atoms with Crippen LogP contribution in [0, 0.1) is 28.4 Å². The van der Waals surface area contributed by atoms with Crippen molar-refractivity contribution < 1.29 is 13.6 Å². The number of hydrogen-bond donors (Lipinski definition) is 2. The second kappa shape index (κ2) is 6.33. The molecule has 2 N–H and O–H groups in total. The largest absolute Gasteiger partial charge is 0.379 e. The summed E-state index contributed by atoms with van der Waals surface area (Å²) in [5.41, 5.74) is -0.883. The molecule has 108 valence electrons. The lowest BCUT2D eigenvalue weighted by Gasteiger charge is -2.18. The minimum Gasteiger partial charge on any atom is -0.379 e. The smallest absolute Gasteiger partial charge is 0.225 e. The third kappa shape index (κ3) is 4.19. The molecule has 20 heavy (non-hydrogen) atoms. The van der Waals surface area contributed by atoms with Crippen molar-refractivity contribution >= 4 is 11.6 Å². The molecule has 0 saturated heterocycles. The Bertz CT molecular complexity index is 521. The van der Waals surface area contributed by atoms with Gasteiger partial charge in [-0.3, -0.25) is 4.79 Å². The number of carbonyl (C=O) groups excluding carboxylic acids is 1. The second-order valence-electron chi connectivity index (χ2n) is 5.36. The second-order valence-corrected chi connectivity index (χ2v) is 5.36. The van der Waals surface area contributed by atoms with Crippen LogP contribution in [-0.4, -0.2) is 19.0 Å². The highest BCUT2D eigenvalue weighted by Gasteiger charge is 2.20. The topological polar surface area (TPSA) is 64.9 Å². The molecule has 1 aromatic carbocycles. The number of rotatable bonds is 4. The molecule has 0 bridgehead atoms. The zero-order valence-corrected chi connectivity index (χ0v) is 11.7. The van der Waals surface area contributed by atoms with Gasteiger partial charge in [-0.1, -0.05) is 20.8 Å². The van der Waals surface area contributed by atoms with E-state index >= 15 is 0 Å². The Morgan fingerprint density at radius 3 is 2.25 bits per heavy atom. The van der Waals surface area contributed by atoms with Crippen LogP contribution in [0.2, 0.25) is 0 Å². The van der Waals surface area contributed by atoms with Crippen LogP contribution in [0.25, 0.3) is 0 Å². The summed E-state index contributed by atoms with van der Waals surface area (Å²) in [5.74, 6) is -1.80. The van der Waals surface area contributed by atoms with Crippen LogP contribution < -0.4 is 10.6 Å². The summed E-state index contributed by atoms with van der Waals surface area (Å²) in [6, 6.07) is 3.58. The van der Waals surface area contributed by atoms with E-state index in [9.17, 15) is 13.6 Å². The van der Waals surface area contributed by atoms with Gasteiger partial charge in [0.2, 0.25) is 5.91 Å². The van der Waals surface area contributed by atoms with E-state index in [1.807, 2.05) is 0 Å². The summed E-state index contributed by atoms with van der Waals surface area (Å²) in [6.07, 6.45) is 0. The molecule has 0 radical (unpaired) electrons. The van der Waals surface area contributed by atoms with E-state index in [1.165, 1.54) is 0 Å². The van der Waals surface area contributed by atoms with Crippen LogP contribution in [0.3, 0.4) is 0 Å². The Hall–Kier alpha value is -2.16. The lowest BCUT2D eigenvalue weighted by molar-refractivity contribution is -0.128. The highest BCUT2D eigenvalue weighted by Crippen LogP contribution is 2.20. The molecule has 0 aliphatic rings. The molecule has 0 unspecified atom stereocenters. The summed E-state index contributed by atoms with van der Waals surface area (Å²) in [7, 11) is 0. The predicted molar refractivity (Wildman–Crippen MR) is 72.0 cm³/mol. The maximum atomic E-state index is 13.5. The van der Waals surface area contributed by atoms with Gasteiger partial charge in [0.15, 0.2) is 11.6 Å². The first-order chi connectivity index (χ1) is 9.25. The fourth-order valence-electron chi connectivity index (χ4n) is 1.44. The lowest BCUT2D eigenvalue weighted by Crippen LogP contribution is -2.37. The SMILES string of the molecule is CC(C)(C)C(=O)NCCNc1c(F)cc(C#N)cc1F. The molecule has 0 fully saturated rings. The molecule has 0 aliphatic heterocycles. The van der Waals surface area contributed by atoms with E-state index in [-0.39, 0.29) is 30.2 Å². The first-order valence-corrected chi connectivity index (χ1v) is 6.17. The summed E-state index contributed by atoms with van der Waals surface area (Å²) >= 11 is 0. The Labute approximate surface area is 116 Å². The first-order valence-electron chi connectivity index (χ1n) is 6.17. The fourth-order valence-corrected chi connectivity index (χ4v) is 1.44. The number of nitriles is 1. The van der Waals surface area contributed by atoms with Gasteiger partial charge in [-0.05, 0) is 12.1 Å². The van der Waals surface area contributed by atoms with E-state index in [0.29, 0.717) is 0 Å². The van der Waals surface area contributed by atoms with Gasteiger partial charge < -0.3 is 10.6 Å². The van der Waals surface area contributed by atoms with Gasteiger partial charge in [0.1, 0.15) is 5.69 Å². The van der Waals surface area contributed by atoms with Crippen LogP contribution in [0.15, 0.2) is 12.1 Å². The molecule has 0 aliphatic carbocycles. The van der Waals surface area contributed by atoms with Crippen molar-refractivity contribution in [3.8, 4) is 6.07 Å². The molecule has 0 spiro atoms. The number of nitrogens with one attached hydrogen (secondary N) is 2. The Morgan fingerprint density at radius 2 is 1.80 bits per heavy atom. The van der Waals surface area contributed by atoms with Crippen LogP contribution in [0.5, 0.6) is 0 Å². The summed E-state index contributed by atoms with van der Waals surface area (Å²) in [4.78, 5) is 11.6. The van der Waals surface area contributed by atoms with Crippen molar-refractivity contribution in [2.45, 2.75) is 20.8 Å². The van der Waals surface area contributed by atoms with E-state index < -0.39 is 17.0 Å². The molecule has 6 heteroatoms. The van der Waals surface area contributed by atoms with Crippen LogP contribution in [0.1, 0.15) is 26.3 Å². The first kappa shape index (κ1) is 15.9. The summed E-state index contributed by atoms with van der Waals surface area (Å²) in [5, 5.41) is 13.8. The van der Waals surface area contributed by atoms with Crippen LogP contribution >= 0.6 is 0 Å². The minimum atomic E-state index is -0.830. The van der Waals surface area contributed by atoms with Crippen molar-refractivity contribution in [1.29, 1.82) is 5.26 Å². The molecule has 0 atom stereocenters. The molecule has 1 rings (SSSR count).